The summed E-state index contributed by atoms with van der Waals surface area (Å²) in [6.07, 6.45) is 6.17. The van der Waals surface area contributed by atoms with Gasteiger partial charge in [0.2, 0.25) is 21.8 Å². The quantitative estimate of drug-likeness (QED) is 0.313. The van der Waals surface area contributed by atoms with Gasteiger partial charge in [0.1, 0.15) is 29.8 Å². The molecule has 3 aromatic rings. The highest BCUT2D eigenvalue weighted by Crippen LogP contribution is 2.26. The van der Waals surface area contributed by atoms with Crippen LogP contribution in [0, 0.1) is 0 Å². The number of anilines is 1. The van der Waals surface area contributed by atoms with Gasteiger partial charge in [0, 0.05) is 12.6 Å². The first-order valence-electron chi connectivity index (χ1n) is 14.2. The molecule has 224 valence electrons. The van der Waals surface area contributed by atoms with Gasteiger partial charge in [0.05, 0.1) is 19.1 Å². The highest BCUT2D eigenvalue weighted by atomic mass is 32.2. The second kappa shape index (κ2) is 14.2. The van der Waals surface area contributed by atoms with Crippen molar-refractivity contribution in [1.29, 1.82) is 0 Å². The molecular formula is C32H39N3O6S. The summed E-state index contributed by atoms with van der Waals surface area (Å²) in [7, 11) is -2.27. The van der Waals surface area contributed by atoms with Gasteiger partial charge in [0.15, 0.2) is 0 Å². The van der Waals surface area contributed by atoms with E-state index in [0.717, 1.165) is 48.2 Å². The largest absolute Gasteiger partial charge is 0.497 e. The Morgan fingerprint density at radius 3 is 2.07 bits per heavy atom. The van der Waals surface area contributed by atoms with E-state index in [-0.39, 0.29) is 18.5 Å². The number of benzene rings is 3. The molecule has 3 aromatic carbocycles. The van der Waals surface area contributed by atoms with Crippen LogP contribution in [0.15, 0.2) is 78.9 Å². The van der Waals surface area contributed by atoms with Crippen LogP contribution in [0.4, 0.5) is 5.69 Å². The number of nitrogens with one attached hydrogen (secondary N) is 1. The van der Waals surface area contributed by atoms with Gasteiger partial charge < -0.3 is 19.7 Å². The Bertz CT molecular complexity index is 1420. The Morgan fingerprint density at radius 1 is 0.881 bits per heavy atom. The Morgan fingerprint density at radius 2 is 1.48 bits per heavy atom. The van der Waals surface area contributed by atoms with Crippen LogP contribution in [0.3, 0.4) is 0 Å². The first-order valence-corrected chi connectivity index (χ1v) is 16.0. The number of carbonyl (C=O) groups excluding carboxylic acids is 2. The van der Waals surface area contributed by atoms with Crippen molar-refractivity contribution in [3.05, 3.63) is 84.4 Å². The smallest absolute Gasteiger partial charge is 0.244 e. The molecule has 0 aliphatic heterocycles. The Balaban J connectivity index is 1.55. The summed E-state index contributed by atoms with van der Waals surface area (Å²) in [5.74, 6) is 1.10. The summed E-state index contributed by atoms with van der Waals surface area (Å²) in [5.41, 5.74) is 1.10. The third-order valence-corrected chi connectivity index (χ3v) is 8.55. The summed E-state index contributed by atoms with van der Waals surface area (Å²) in [6, 6.07) is 22.2. The van der Waals surface area contributed by atoms with E-state index in [0.29, 0.717) is 22.9 Å². The van der Waals surface area contributed by atoms with Crippen LogP contribution >= 0.6 is 0 Å². The van der Waals surface area contributed by atoms with Crippen LogP contribution in [0.5, 0.6) is 17.2 Å². The van der Waals surface area contributed by atoms with Crippen LogP contribution in [-0.2, 0) is 26.2 Å². The van der Waals surface area contributed by atoms with Gasteiger partial charge in [-0.05, 0) is 73.9 Å². The topological polar surface area (TPSA) is 105 Å². The number of para-hydroxylation sites is 1. The molecule has 0 unspecified atom stereocenters. The van der Waals surface area contributed by atoms with Crippen molar-refractivity contribution in [3.63, 3.8) is 0 Å². The molecular weight excluding hydrogens is 554 g/mol. The number of ether oxygens (including phenoxy) is 2. The Kier molecular flexibility index (Phi) is 10.5. The number of carbonyl (C=O) groups is 2. The average molecular weight is 594 g/mol. The van der Waals surface area contributed by atoms with Gasteiger partial charge in [0.25, 0.3) is 0 Å². The molecule has 1 N–H and O–H groups in total. The molecule has 1 fully saturated rings. The van der Waals surface area contributed by atoms with E-state index < -0.39 is 28.5 Å². The van der Waals surface area contributed by atoms with Crippen molar-refractivity contribution in [3.8, 4) is 17.2 Å². The number of rotatable bonds is 12. The van der Waals surface area contributed by atoms with E-state index in [1.807, 2.05) is 42.5 Å². The normalized spacial score (nSPS) is 14.5. The minimum absolute atomic E-state index is 0.0794. The van der Waals surface area contributed by atoms with Crippen LogP contribution in [0.25, 0.3) is 0 Å². The molecule has 1 aliphatic carbocycles. The predicted octanol–water partition coefficient (Wildman–Crippen LogP) is 5.12. The molecule has 1 saturated carbocycles. The zero-order valence-electron chi connectivity index (χ0n) is 24.4. The summed E-state index contributed by atoms with van der Waals surface area (Å²) < 4.78 is 37.9. The molecule has 42 heavy (non-hydrogen) atoms. The number of hydrogen-bond acceptors (Lipinski definition) is 6. The summed E-state index contributed by atoms with van der Waals surface area (Å²) in [4.78, 5) is 28.6. The third-order valence-electron chi connectivity index (χ3n) is 7.41. The van der Waals surface area contributed by atoms with Crippen LogP contribution in [0.1, 0.15) is 44.6 Å². The second-order valence-corrected chi connectivity index (χ2v) is 12.5. The number of nitrogens with zero attached hydrogens (tertiary/aromatic N) is 2. The molecule has 0 heterocycles. The lowest BCUT2D eigenvalue weighted by molar-refractivity contribution is -0.139. The van der Waals surface area contributed by atoms with E-state index in [9.17, 15) is 18.0 Å². The minimum Gasteiger partial charge on any atom is -0.497 e. The van der Waals surface area contributed by atoms with Gasteiger partial charge >= 0.3 is 0 Å². The number of amides is 2. The first kappa shape index (κ1) is 30.9. The zero-order chi connectivity index (χ0) is 30.1. The Hall–Kier alpha value is -4.05. The minimum atomic E-state index is -3.84. The van der Waals surface area contributed by atoms with Crippen molar-refractivity contribution < 1.29 is 27.5 Å². The van der Waals surface area contributed by atoms with E-state index in [1.54, 1.807) is 50.4 Å². The molecule has 0 spiro atoms. The van der Waals surface area contributed by atoms with Crippen molar-refractivity contribution >= 4 is 27.5 Å². The molecule has 0 radical (unpaired) electrons. The van der Waals surface area contributed by atoms with Gasteiger partial charge in [-0.25, -0.2) is 8.42 Å². The van der Waals surface area contributed by atoms with Crippen molar-refractivity contribution in [1.82, 2.24) is 10.2 Å². The molecule has 1 atom stereocenters. The van der Waals surface area contributed by atoms with Gasteiger partial charge in [-0.1, -0.05) is 49.6 Å². The molecule has 9 nitrogen and oxygen atoms in total. The van der Waals surface area contributed by atoms with E-state index in [2.05, 4.69) is 5.32 Å². The third kappa shape index (κ3) is 8.48. The lowest BCUT2D eigenvalue weighted by atomic mass is 9.95. The maximum absolute atomic E-state index is 13.8. The number of hydrogen-bond donors (Lipinski definition) is 1. The predicted molar refractivity (Wildman–Crippen MR) is 163 cm³/mol. The maximum atomic E-state index is 13.8. The molecule has 0 aromatic heterocycles. The summed E-state index contributed by atoms with van der Waals surface area (Å²) in [6.45, 7) is 1.35. The zero-order valence-corrected chi connectivity index (χ0v) is 25.2. The second-order valence-electron chi connectivity index (χ2n) is 10.6. The van der Waals surface area contributed by atoms with Crippen LogP contribution in [0.2, 0.25) is 0 Å². The first-order chi connectivity index (χ1) is 20.1. The lowest BCUT2D eigenvalue weighted by Gasteiger charge is -2.33. The van der Waals surface area contributed by atoms with Crippen molar-refractivity contribution in [2.24, 2.45) is 0 Å². The molecule has 2 amide bonds. The molecule has 4 rings (SSSR count). The van der Waals surface area contributed by atoms with Gasteiger partial charge in [-0.2, -0.15) is 0 Å². The number of methoxy groups -OCH3 is 1. The van der Waals surface area contributed by atoms with Crippen LogP contribution < -0.4 is 19.1 Å². The van der Waals surface area contributed by atoms with E-state index in [1.165, 1.54) is 4.90 Å². The fraction of sp³-hybridized carbons (Fsp3) is 0.375. The monoisotopic (exact) mass is 593 g/mol. The van der Waals surface area contributed by atoms with E-state index in [4.69, 9.17) is 9.47 Å². The summed E-state index contributed by atoms with van der Waals surface area (Å²) in [5, 5.41) is 3.10. The molecule has 0 bridgehead atoms. The lowest BCUT2D eigenvalue weighted by Crippen LogP contribution is -2.52. The van der Waals surface area contributed by atoms with Crippen molar-refractivity contribution in [2.45, 2.75) is 57.7 Å². The molecule has 1 aliphatic rings. The highest BCUT2D eigenvalue weighted by Gasteiger charge is 2.31. The average Bonchev–Trinajstić information content (AvgIpc) is 2.99. The maximum Gasteiger partial charge on any atom is 0.244 e. The SMILES string of the molecule is COc1ccc(CN(C(=O)CN(c2ccc(Oc3ccccc3)cc2)S(C)(=O)=O)[C@@H](C)C(=O)NC2CCCCC2)cc1. The number of sulfonamides is 1. The van der Waals surface area contributed by atoms with Crippen molar-refractivity contribution in [2.75, 3.05) is 24.2 Å². The van der Waals surface area contributed by atoms with Crippen LogP contribution in [-0.4, -0.2) is 57.1 Å². The molecule has 0 saturated heterocycles. The van der Waals surface area contributed by atoms with Gasteiger partial charge in [-0.15, -0.1) is 0 Å². The summed E-state index contributed by atoms with van der Waals surface area (Å²) >= 11 is 0. The standard InChI is InChI=1S/C32H39N3O6S/c1-24(32(37)33-26-10-6-4-7-11-26)34(22-25-14-18-28(40-2)19-15-25)31(36)23-35(42(3,38)39)27-16-20-30(21-17-27)41-29-12-8-5-9-13-29/h5,8-9,12-21,24,26H,4,6-7,10-11,22-23H2,1-3H3,(H,33,37)/t24-/m0/s1. The molecule has 10 heteroatoms. The fourth-order valence-electron chi connectivity index (χ4n) is 5.00. The fourth-order valence-corrected chi connectivity index (χ4v) is 5.85. The Labute approximate surface area is 248 Å². The highest BCUT2D eigenvalue weighted by molar-refractivity contribution is 7.92. The van der Waals surface area contributed by atoms with Gasteiger partial charge in [-0.3, -0.25) is 13.9 Å². The van der Waals surface area contributed by atoms with E-state index >= 15 is 0 Å².